The fraction of sp³-hybridized carbons (Fsp3) is 0.125. The van der Waals surface area contributed by atoms with Gasteiger partial charge in [-0.1, -0.05) is 35.6 Å². The molecule has 0 aliphatic rings. The van der Waals surface area contributed by atoms with Crippen molar-refractivity contribution in [2.24, 2.45) is 10.8 Å². The predicted molar refractivity (Wildman–Crippen MR) is 69.2 cm³/mol. The SMILES string of the molecule is CSC(=S)N/N=C(\N)c1cc(Cl)ccn1. The zero-order chi connectivity index (χ0) is 11.3. The normalized spacial score (nSPS) is 11.2. The second-order valence-electron chi connectivity index (χ2n) is 2.46. The molecule has 0 aromatic carbocycles. The Hall–Kier alpha value is -0.850. The Bertz CT molecular complexity index is 394. The van der Waals surface area contributed by atoms with Gasteiger partial charge in [-0.2, -0.15) is 5.10 Å². The van der Waals surface area contributed by atoms with Gasteiger partial charge < -0.3 is 5.73 Å². The summed E-state index contributed by atoms with van der Waals surface area (Å²) >= 11 is 12.0. The average Bonchev–Trinajstić information content (AvgIpc) is 2.25. The Balaban J connectivity index is 2.75. The number of nitrogens with one attached hydrogen (secondary N) is 1. The van der Waals surface area contributed by atoms with Crippen molar-refractivity contribution in [3.63, 3.8) is 0 Å². The molecule has 0 aliphatic carbocycles. The Morgan fingerprint density at radius 2 is 2.47 bits per heavy atom. The van der Waals surface area contributed by atoms with Gasteiger partial charge in [0.05, 0.1) is 0 Å². The van der Waals surface area contributed by atoms with Crippen LogP contribution in [-0.2, 0) is 0 Å². The van der Waals surface area contributed by atoms with Crippen molar-refractivity contribution in [1.29, 1.82) is 0 Å². The summed E-state index contributed by atoms with van der Waals surface area (Å²) in [7, 11) is 0. The van der Waals surface area contributed by atoms with Gasteiger partial charge in [0.1, 0.15) is 5.69 Å². The molecule has 0 atom stereocenters. The molecule has 0 bridgehead atoms. The number of nitrogens with zero attached hydrogens (tertiary/aromatic N) is 2. The van der Waals surface area contributed by atoms with Crippen LogP contribution < -0.4 is 11.2 Å². The summed E-state index contributed by atoms with van der Waals surface area (Å²) in [6, 6.07) is 3.29. The summed E-state index contributed by atoms with van der Waals surface area (Å²) in [5.41, 5.74) is 8.80. The summed E-state index contributed by atoms with van der Waals surface area (Å²) in [4.78, 5) is 4.01. The van der Waals surface area contributed by atoms with E-state index in [0.717, 1.165) is 0 Å². The number of hydrogen-bond donors (Lipinski definition) is 2. The van der Waals surface area contributed by atoms with Gasteiger partial charge in [0.2, 0.25) is 0 Å². The third-order valence-corrected chi connectivity index (χ3v) is 2.73. The van der Waals surface area contributed by atoms with Crippen molar-refractivity contribution < 1.29 is 0 Å². The van der Waals surface area contributed by atoms with Crippen molar-refractivity contribution in [2.45, 2.75) is 0 Å². The lowest BCUT2D eigenvalue weighted by atomic mass is 10.3. The van der Waals surface area contributed by atoms with Crippen molar-refractivity contribution in [3.05, 3.63) is 29.0 Å². The van der Waals surface area contributed by atoms with E-state index in [-0.39, 0.29) is 5.84 Å². The molecular weight excluding hydrogens is 252 g/mol. The van der Waals surface area contributed by atoms with Crippen molar-refractivity contribution in [3.8, 4) is 0 Å². The second kappa shape index (κ2) is 5.89. The number of thioether (sulfide) groups is 1. The second-order valence-corrected chi connectivity index (χ2v) is 4.38. The van der Waals surface area contributed by atoms with E-state index in [1.807, 2.05) is 6.26 Å². The molecule has 4 nitrogen and oxygen atoms in total. The van der Waals surface area contributed by atoms with Crippen molar-refractivity contribution in [2.75, 3.05) is 6.26 Å². The minimum Gasteiger partial charge on any atom is -0.380 e. The fourth-order valence-electron chi connectivity index (χ4n) is 0.754. The fourth-order valence-corrected chi connectivity index (χ4v) is 1.10. The molecule has 0 unspecified atom stereocenters. The van der Waals surface area contributed by atoms with Crippen molar-refractivity contribution >= 4 is 45.7 Å². The molecule has 1 aromatic heterocycles. The highest BCUT2D eigenvalue weighted by atomic mass is 35.5. The molecule has 3 N–H and O–H groups in total. The highest BCUT2D eigenvalue weighted by Gasteiger charge is 2.00. The largest absolute Gasteiger partial charge is 0.380 e. The number of rotatable bonds is 2. The van der Waals surface area contributed by atoms with E-state index in [9.17, 15) is 0 Å². The van der Waals surface area contributed by atoms with Gasteiger partial charge in [0.25, 0.3) is 0 Å². The van der Waals surface area contributed by atoms with Crippen LogP contribution in [0.5, 0.6) is 0 Å². The molecule has 1 heterocycles. The van der Waals surface area contributed by atoms with E-state index < -0.39 is 0 Å². The number of halogens is 1. The lowest BCUT2D eigenvalue weighted by Gasteiger charge is -2.01. The zero-order valence-electron chi connectivity index (χ0n) is 7.90. The Morgan fingerprint density at radius 3 is 3.07 bits per heavy atom. The first-order chi connectivity index (χ1) is 7.13. The molecule has 0 fully saturated rings. The summed E-state index contributed by atoms with van der Waals surface area (Å²) in [6.07, 6.45) is 3.41. The third kappa shape index (κ3) is 4.03. The molecule has 0 amide bonds. The van der Waals surface area contributed by atoms with Crippen LogP contribution in [0.1, 0.15) is 5.69 Å². The summed E-state index contributed by atoms with van der Waals surface area (Å²) < 4.78 is 0.542. The number of hydrazone groups is 1. The number of amidine groups is 1. The molecule has 1 rings (SSSR count). The molecule has 7 heteroatoms. The van der Waals surface area contributed by atoms with Crippen LogP contribution in [0.15, 0.2) is 23.4 Å². The molecule has 15 heavy (non-hydrogen) atoms. The summed E-state index contributed by atoms with van der Waals surface area (Å²) in [6.45, 7) is 0. The highest BCUT2D eigenvalue weighted by Crippen LogP contribution is 2.07. The number of thiocarbonyl (C=S) groups is 1. The molecule has 0 saturated heterocycles. The minimum absolute atomic E-state index is 0.244. The van der Waals surface area contributed by atoms with Gasteiger partial charge in [-0.3, -0.25) is 10.4 Å². The number of pyridine rings is 1. The Labute approximate surface area is 102 Å². The molecule has 80 valence electrons. The van der Waals surface area contributed by atoms with E-state index >= 15 is 0 Å². The van der Waals surface area contributed by atoms with Crippen LogP contribution in [0.25, 0.3) is 0 Å². The maximum absolute atomic E-state index is 5.78. The van der Waals surface area contributed by atoms with Crippen molar-refractivity contribution in [1.82, 2.24) is 10.4 Å². The maximum Gasteiger partial charge on any atom is 0.169 e. The maximum atomic E-state index is 5.78. The van der Waals surface area contributed by atoms with Gasteiger partial charge in [-0.15, -0.1) is 0 Å². The molecule has 0 aliphatic heterocycles. The molecular formula is C8H9ClN4S2. The standard InChI is InChI=1S/C8H9ClN4S2/c1-15-8(14)13-12-7(10)6-4-5(9)2-3-11-6/h2-4H,1H3,(H2,10,12)(H,13,14). The van der Waals surface area contributed by atoms with Crippen LogP contribution in [0.3, 0.4) is 0 Å². The number of hydrogen-bond acceptors (Lipinski definition) is 4. The number of aromatic nitrogens is 1. The monoisotopic (exact) mass is 260 g/mol. The third-order valence-electron chi connectivity index (χ3n) is 1.44. The number of nitrogens with two attached hydrogens (primary N) is 1. The van der Waals surface area contributed by atoms with Gasteiger partial charge >= 0.3 is 0 Å². The lowest BCUT2D eigenvalue weighted by Crippen LogP contribution is -2.21. The first-order valence-electron chi connectivity index (χ1n) is 3.92. The van der Waals surface area contributed by atoms with Gasteiger partial charge in [-0.05, 0) is 18.4 Å². The Morgan fingerprint density at radius 1 is 1.73 bits per heavy atom. The highest BCUT2D eigenvalue weighted by molar-refractivity contribution is 8.22. The Kier molecular flexibility index (Phi) is 4.80. The molecule has 1 aromatic rings. The smallest absolute Gasteiger partial charge is 0.169 e. The van der Waals surface area contributed by atoms with Gasteiger partial charge in [0, 0.05) is 11.2 Å². The topological polar surface area (TPSA) is 63.3 Å². The van der Waals surface area contributed by atoms with Gasteiger partial charge in [-0.25, -0.2) is 0 Å². The van der Waals surface area contributed by atoms with E-state index in [2.05, 4.69) is 15.5 Å². The van der Waals surface area contributed by atoms with E-state index in [4.69, 9.17) is 29.6 Å². The van der Waals surface area contributed by atoms with E-state index in [1.54, 1.807) is 18.3 Å². The zero-order valence-corrected chi connectivity index (χ0v) is 10.3. The molecule has 0 radical (unpaired) electrons. The average molecular weight is 261 g/mol. The molecule has 0 saturated carbocycles. The van der Waals surface area contributed by atoms with Crippen LogP contribution in [0, 0.1) is 0 Å². The quantitative estimate of drug-likeness (QED) is 0.366. The predicted octanol–water partition coefficient (Wildman–Crippen LogP) is 1.59. The van der Waals surface area contributed by atoms with Crippen LogP contribution in [0.4, 0.5) is 0 Å². The van der Waals surface area contributed by atoms with Crippen LogP contribution >= 0.6 is 35.6 Å². The van der Waals surface area contributed by atoms with Crippen LogP contribution in [0.2, 0.25) is 5.02 Å². The molecule has 0 spiro atoms. The minimum atomic E-state index is 0.244. The first kappa shape index (κ1) is 12.2. The first-order valence-corrected chi connectivity index (χ1v) is 5.93. The van der Waals surface area contributed by atoms with Crippen LogP contribution in [-0.4, -0.2) is 21.4 Å². The van der Waals surface area contributed by atoms with E-state index in [1.165, 1.54) is 11.8 Å². The summed E-state index contributed by atoms with van der Waals surface area (Å²) in [5, 5.41) is 4.43. The lowest BCUT2D eigenvalue weighted by molar-refractivity contribution is 1.05. The summed E-state index contributed by atoms with van der Waals surface area (Å²) in [5.74, 6) is 0.244. The van der Waals surface area contributed by atoms with E-state index in [0.29, 0.717) is 15.0 Å². The van der Waals surface area contributed by atoms with Gasteiger partial charge in [0.15, 0.2) is 10.2 Å².